The van der Waals surface area contributed by atoms with Crippen LogP contribution < -0.4 is 0 Å². The van der Waals surface area contributed by atoms with E-state index in [9.17, 15) is 9.59 Å². The van der Waals surface area contributed by atoms with Crippen LogP contribution in [0.3, 0.4) is 0 Å². The maximum atomic E-state index is 12.3. The van der Waals surface area contributed by atoms with Gasteiger partial charge in [-0.05, 0) is 70.1 Å². The van der Waals surface area contributed by atoms with Crippen molar-refractivity contribution >= 4 is 11.9 Å². The molecule has 0 aromatic rings. The van der Waals surface area contributed by atoms with Crippen molar-refractivity contribution in [2.75, 3.05) is 6.61 Å². The van der Waals surface area contributed by atoms with E-state index >= 15 is 0 Å². The molecule has 0 spiro atoms. The summed E-state index contributed by atoms with van der Waals surface area (Å²) < 4.78 is 5.29. The van der Waals surface area contributed by atoms with Gasteiger partial charge >= 0.3 is 5.97 Å². The quantitative estimate of drug-likeness (QED) is 0.750. The zero-order valence-corrected chi connectivity index (χ0v) is 13.9. The fourth-order valence-corrected chi connectivity index (χ4v) is 5.03. The Hall–Kier alpha value is -1.06. The van der Waals surface area contributed by atoms with Crippen LogP contribution in [0.5, 0.6) is 0 Å². The number of piperidine rings is 1. The van der Waals surface area contributed by atoms with Crippen LogP contribution in [0, 0.1) is 17.8 Å². The molecular weight excluding hydrogens is 278 g/mol. The second-order valence-electron chi connectivity index (χ2n) is 7.73. The lowest BCUT2D eigenvalue weighted by Gasteiger charge is -2.38. The summed E-state index contributed by atoms with van der Waals surface area (Å²) in [6.45, 7) is 4.10. The molecule has 1 heterocycles. The molecule has 1 aliphatic heterocycles. The number of ether oxygens (including phenoxy) is 1. The summed E-state index contributed by atoms with van der Waals surface area (Å²) in [5.74, 6) is 1.88. The van der Waals surface area contributed by atoms with E-state index < -0.39 is 0 Å². The zero-order chi connectivity index (χ0) is 15.7. The summed E-state index contributed by atoms with van der Waals surface area (Å²) in [6, 6.07) is 0.529. The first-order chi connectivity index (χ1) is 10.5. The highest BCUT2D eigenvalue weighted by molar-refractivity contribution is 5.81. The minimum atomic E-state index is -0.178. The van der Waals surface area contributed by atoms with Crippen molar-refractivity contribution in [3.05, 3.63) is 0 Å². The van der Waals surface area contributed by atoms with Crippen molar-refractivity contribution in [3.8, 4) is 0 Å². The van der Waals surface area contributed by atoms with Gasteiger partial charge in [0.15, 0.2) is 6.61 Å². The molecule has 2 aliphatic carbocycles. The third-order valence-corrected chi connectivity index (χ3v) is 6.15. The van der Waals surface area contributed by atoms with Crippen LogP contribution in [0.15, 0.2) is 0 Å². The summed E-state index contributed by atoms with van der Waals surface area (Å²) in [4.78, 5) is 26.3. The van der Waals surface area contributed by atoms with E-state index in [-0.39, 0.29) is 30.6 Å². The first kappa shape index (κ1) is 15.8. The molecule has 3 fully saturated rings. The molecule has 0 unspecified atom stereocenters. The van der Waals surface area contributed by atoms with Gasteiger partial charge < -0.3 is 9.64 Å². The Kier molecular flexibility index (Phi) is 4.74. The van der Waals surface area contributed by atoms with Crippen LogP contribution in [0.2, 0.25) is 0 Å². The number of likely N-dealkylation sites (tertiary alicyclic amines) is 1. The summed E-state index contributed by atoms with van der Waals surface area (Å²) in [6.07, 6.45) is 8.91. The van der Waals surface area contributed by atoms with Crippen molar-refractivity contribution in [1.29, 1.82) is 0 Å². The maximum Gasteiger partial charge on any atom is 0.306 e. The maximum absolute atomic E-state index is 12.3. The van der Waals surface area contributed by atoms with Gasteiger partial charge in [0.1, 0.15) is 0 Å². The molecule has 0 radical (unpaired) electrons. The lowest BCUT2D eigenvalue weighted by molar-refractivity contribution is -0.155. The molecule has 2 bridgehead atoms. The van der Waals surface area contributed by atoms with Gasteiger partial charge in [-0.2, -0.15) is 0 Å². The second-order valence-corrected chi connectivity index (χ2v) is 7.73. The van der Waals surface area contributed by atoms with Crippen LogP contribution in [0.1, 0.15) is 65.2 Å². The third kappa shape index (κ3) is 3.31. The number of hydrogen-bond donors (Lipinski definition) is 0. The minimum absolute atomic E-state index is 0.0269. The molecule has 3 aliphatic rings. The fraction of sp³-hybridized carbons (Fsp3) is 0.889. The minimum Gasteiger partial charge on any atom is -0.456 e. The molecule has 4 nitrogen and oxygen atoms in total. The average Bonchev–Trinajstić information content (AvgIpc) is 3.07. The van der Waals surface area contributed by atoms with E-state index in [4.69, 9.17) is 4.74 Å². The number of rotatable bonds is 4. The van der Waals surface area contributed by atoms with Crippen LogP contribution in [-0.4, -0.2) is 35.5 Å². The van der Waals surface area contributed by atoms with E-state index in [0.29, 0.717) is 12.3 Å². The second kappa shape index (κ2) is 6.59. The highest BCUT2D eigenvalue weighted by Crippen LogP contribution is 2.49. The molecular formula is C18H29NO3. The van der Waals surface area contributed by atoms with Crippen molar-refractivity contribution in [2.24, 2.45) is 17.8 Å². The molecule has 1 saturated heterocycles. The molecule has 0 aromatic carbocycles. The largest absolute Gasteiger partial charge is 0.456 e. The van der Waals surface area contributed by atoms with E-state index in [1.807, 2.05) is 4.90 Å². The third-order valence-electron chi connectivity index (χ3n) is 6.15. The zero-order valence-electron chi connectivity index (χ0n) is 13.9. The van der Waals surface area contributed by atoms with Gasteiger partial charge in [-0.3, -0.25) is 9.59 Å². The number of carbonyl (C=O) groups excluding carboxylic acids is 2. The van der Waals surface area contributed by atoms with Gasteiger partial charge in [-0.15, -0.1) is 0 Å². The van der Waals surface area contributed by atoms with Crippen molar-refractivity contribution in [1.82, 2.24) is 4.90 Å². The average molecular weight is 307 g/mol. The Bertz CT molecular complexity index is 426. The molecule has 2 saturated carbocycles. The first-order valence-corrected chi connectivity index (χ1v) is 9.01. The number of carbonyl (C=O) groups is 2. The molecule has 22 heavy (non-hydrogen) atoms. The number of nitrogens with zero attached hydrogens (tertiary/aromatic N) is 1. The molecule has 5 atom stereocenters. The molecule has 0 N–H and O–H groups in total. The van der Waals surface area contributed by atoms with Crippen LogP contribution in [-0.2, 0) is 14.3 Å². The fourth-order valence-electron chi connectivity index (χ4n) is 5.03. The van der Waals surface area contributed by atoms with E-state index in [1.54, 1.807) is 0 Å². The van der Waals surface area contributed by atoms with E-state index in [1.165, 1.54) is 32.1 Å². The number of hydrogen-bond acceptors (Lipinski definition) is 3. The Morgan fingerprint density at radius 1 is 1.05 bits per heavy atom. The van der Waals surface area contributed by atoms with E-state index in [2.05, 4.69) is 13.8 Å². The van der Waals surface area contributed by atoms with Gasteiger partial charge in [0, 0.05) is 18.5 Å². The van der Waals surface area contributed by atoms with Crippen molar-refractivity contribution in [2.45, 2.75) is 77.3 Å². The monoisotopic (exact) mass is 307 g/mol. The molecule has 4 heteroatoms. The summed E-state index contributed by atoms with van der Waals surface area (Å²) >= 11 is 0. The van der Waals surface area contributed by atoms with Crippen LogP contribution in [0.4, 0.5) is 0 Å². The van der Waals surface area contributed by atoms with Crippen molar-refractivity contribution < 1.29 is 14.3 Å². The highest BCUT2D eigenvalue weighted by Gasteiger charge is 2.40. The van der Waals surface area contributed by atoms with Crippen molar-refractivity contribution in [3.63, 3.8) is 0 Å². The normalized spacial score (nSPS) is 37.4. The van der Waals surface area contributed by atoms with E-state index in [0.717, 1.165) is 24.7 Å². The summed E-state index contributed by atoms with van der Waals surface area (Å²) in [7, 11) is 0. The van der Waals surface area contributed by atoms with Gasteiger partial charge in [0.05, 0.1) is 0 Å². The molecule has 124 valence electrons. The van der Waals surface area contributed by atoms with Crippen LogP contribution >= 0.6 is 0 Å². The number of amides is 1. The lowest BCUT2D eigenvalue weighted by Crippen LogP contribution is -2.49. The standard InChI is InChI=1S/C18H29NO3/c1-12-4-3-5-13(2)19(12)17(20)11-22-18(21)10-16-9-14-6-7-15(16)8-14/h12-16H,3-11H2,1-2H3/t12-,13+,14-,15-,16+/m0/s1. The predicted molar refractivity (Wildman–Crippen MR) is 84.1 cm³/mol. The smallest absolute Gasteiger partial charge is 0.306 e. The van der Waals surface area contributed by atoms with Gasteiger partial charge in [-0.25, -0.2) is 0 Å². The predicted octanol–water partition coefficient (Wildman–Crippen LogP) is 3.15. The number of esters is 1. The first-order valence-electron chi connectivity index (χ1n) is 9.01. The lowest BCUT2D eigenvalue weighted by atomic mass is 9.86. The topological polar surface area (TPSA) is 46.6 Å². The molecule has 3 rings (SSSR count). The SMILES string of the molecule is C[C@@H]1CCC[C@H](C)N1C(=O)COC(=O)C[C@H]1C[C@H]2CC[C@H]1C2. The molecule has 1 amide bonds. The Morgan fingerprint density at radius 2 is 1.77 bits per heavy atom. The Labute approximate surface area is 133 Å². The van der Waals surface area contributed by atoms with Gasteiger partial charge in [0.25, 0.3) is 5.91 Å². The van der Waals surface area contributed by atoms with Crippen LogP contribution in [0.25, 0.3) is 0 Å². The summed E-state index contributed by atoms with van der Waals surface area (Å²) in [5.41, 5.74) is 0. The van der Waals surface area contributed by atoms with Gasteiger partial charge in [0.2, 0.25) is 0 Å². The molecule has 0 aromatic heterocycles. The highest BCUT2D eigenvalue weighted by atomic mass is 16.5. The summed E-state index contributed by atoms with van der Waals surface area (Å²) in [5, 5.41) is 0. The van der Waals surface area contributed by atoms with Gasteiger partial charge in [-0.1, -0.05) is 6.42 Å². The Balaban J connectivity index is 1.43. The number of fused-ring (bicyclic) bond motifs is 2. The Morgan fingerprint density at radius 3 is 2.36 bits per heavy atom.